The Labute approximate surface area is 63.6 Å². The van der Waals surface area contributed by atoms with Gasteiger partial charge in [0.25, 0.3) is 0 Å². The summed E-state index contributed by atoms with van der Waals surface area (Å²) in [5.74, 6) is -0.0625. The highest BCUT2D eigenvalue weighted by molar-refractivity contribution is 5.71. The molecule has 0 spiro atoms. The SMILES string of the molecule is CC.CC[C@@H](C)C(=O)OC. The molecule has 0 heterocycles. The average molecular weight is 146 g/mol. The molecule has 0 aromatic heterocycles. The van der Waals surface area contributed by atoms with E-state index >= 15 is 0 Å². The Bertz CT molecular complexity index is 79.3. The fourth-order valence-electron chi connectivity index (χ4n) is 0.368. The molecule has 10 heavy (non-hydrogen) atoms. The summed E-state index contributed by atoms with van der Waals surface area (Å²) in [6.45, 7) is 7.81. The van der Waals surface area contributed by atoms with Crippen molar-refractivity contribution >= 4 is 5.97 Å². The molecule has 0 aromatic carbocycles. The van der Waals surface area contributed by atoms with Crippen LogP contribution in [0.4, 0.5) is 0 Å². The van der Waals surface area contributed by atoms with Crippen LogP contribution in [-0.2, 0) is 9.53 Å². The fraction of sp³-hybridized carbons (Fsp3) is 0.875. The minimum Gasteiger partial charge on any atom is -0.469 e. The molecule has 0 fully saturated rings. The second-order valence-electron chi connectivity index (χ2n) is 1.83. The van der Waals surface area contributed by atoms with Gasteiger partial charge in [-0.1, -0.05) is 27.7 Å². The van der Waals surface area contributed by atoms with Crippen LogP contribution in [-0.4, -0.2) is 13.1 Å². The third kappa shape index (κ3) is 5.60. The highest BCUT2D eigenvalue weighted by Gasteiger charge is 2.08. The summed E-state index contributed by atoms with van der Waals surface area (Å²) in [6.07, 6.45) is 0.854. The van der Waals surface area contributed by atoms with Gasteiger partial charge in [0.05, 0.1) is 13.0 Å². The largest absolute Gasteiger partial charge is 0.469 e. The summed E-state index contributed by atoms with van der Waals surface area (Å²) in [4.78, 5) is 10.5. The molecule has 0 aliphatic heterocycles. The predicted molar refractivity (Wildman–Crippen MR) is 42.8 cm³/mol. The van der Waals surface area contributed by atoms with Gasteiger partial charge in [-0.25, -0.2) is 0 Å². The molecule has 0 bridgehead atoms. The van der Waals surface area contributed by atoms with Crippen LogP contribution in [0, 0.1) is 5.92 Å². The van der Waals surface area contributed by atoms with Crippen molar-refractivity contribution in [3.63, 3.8) is 0 Å². The lowest BCUT2D eigenvalue weighted by Crippen LogP contribution is -2.10. The third-order valence-corrected chi connectivity index (χ3v) is 1.22. The van der Waals surface area contributed by atoms with E-state index in [1.54, 1.807) is 0 Å². The predicted octanol–water partition coefficient (Wildman–Crippen LogP) is 2.23. The number of carbonyl (C=O) groups is 1. The van der Waals surface area contributed by atoms with E-state index in [-0.39, 0.29) is 11.9 Å². The minimum absolute atomic E-state index is 0.0556. The van der Waals surface area contributed by atoms with Crippen molar-refractivity contribution in [1.29, 1.82) is 0 Å². The summed E-state index contributed by atoms with van der Waals surface area (Å²) in [7, 11) is 1.41. The highest BCUT2D eigenvalue weighted by Crippen LogP contribution is 2.00. The van der Waals surface area contributed by atoms with Crippen molar-refractivity contribution in [3.05, 3.63) is 0 Å². The van der Waals surface area contributed by atoms with Crippen LogP contribution in [0.5, 0.6) is 0 Å². The van der Waals surface area contributed by atoms with E-state index in [2.05, 4.69) is 4.74 Å². The monoisotopic (exact) mass is 146 g/mol. The van der Waals surface area contributed by atoms with Crippen LogP contribution < -0.4 is 0 Å². The van der Waals surface area contributed by atoms with E-state index < -0.39 is 0 Å². The topological polar surface area (TPSA) is 26.3 Å². The first kappa shape index (κ1) is 12.2. The van der Waals surface area contributed by atoms with Crippen LogP contribution in [0.25, 0.3) is 0 Å². The van der Waals surface area contributed by atoms with Crippen molar-refractivity contribution in [1.82, 2.24) is 0 Å². The molecule has 0 aliphatic rings. The molecule has 0 unspecified atom stereocenters. The van der Waals surface area contributed by atoms with E-state index in [0.29, 0.717) is 0 Å². The van der Waals surface area contributed by atoms with Gasteiger partial charge in [-0.3, -0.25) is 4.79 Å². The Morgan fingerprint density at radius 3 is 2.00 bits per heavy atom. The van der Waals surface area contributed by atoms with Crippen LogP contribution >= 0.6 is 0 Å². The zero-order valence-corrected chi connectivity index (χ0v) is 7.60. The highest BCUT2D eigenvalue weighted by atomic mass is 16.5. The molecule has 0 rings (SSSR count). The summed E-state index contributed by atoms with van der Waals surface area (Å²) in [6, 6.07) is 0. The summed E-state index contributed by atoms with van der Waals surface area (Å²) < 4.78 is 4.46. The van der Waals surface area contributed by atoms with E-state index in [4.69, 9.17) is 0 Å². The number of esters is 1. The van der Waals surface area contributed by atoms with E-state index in [0.717, 1.165) is 6.42 Å². The summed E-state index contributed by atoms with van der Waals surface area (Å²) >= 11 is 0. The molecular weight excluding hydrogens is 128 g/mol. The quantitative estimate of drug-likeness (QED) is 0.558. The molecule has 0 aliphatic carbocycles. The molecular formula is C8H18O2. The van der Waals surface area contributed by atoms with Crippen molar-refractivity contribution in [2.45, 2.75) is 34.1 Å². The van der Waals surface area contributed by atoms with Gasteiger partial charge in [-0.05, 0) is 6.42 Å². The Morgan fingerprint density at radius 1 is 1.50 bits per heavy atom. The lowest BCUT2D eigenvalue weighted by molar-refractivity contribution is -0.144. The summed E-state index contributed by atoms with van der Waals surface area (Å²) in [5, 5.41) is 0. The van der Waals surface area contributed by atoms with Gasteiger partial charge < -0.3 is 4.74 Å². The fourth-order valence-corrected chi connectivity index (χ4v) is 0.368. The number of hydrogen-bond donors (Lipinski definition) is 0. The molecule has 1 atom stereocenters. The van der Waals surface area contributed by atoms with Crippen molar-refractivity contribution in [2.75, 3.05) is 7.11 Å². The zero-order chi connectivity index (χ0) is 8.57. The maximum Gasteiger partial charge on any atom is 0.308 e. The molecule has 0 amide bonds. The van der Waals surface area contributed by atoms with Crippen molar-refractivity contribution in [3.8, 4) is 0 Å². The van der Waals surface area contributed by atoms with Crippen LogP contribution in [0.1, 0.15) is 34.1 Å². The van der Waals surface area contributed by atoms with E-state index in [1.807, 2.05) is 27.7 Å². The number of methoxy groups -OCH3 is 1. The lowest BCUT2D eigenvalue weighted by Gasteiger charge is -2.02. The Balaban J connectivity index is 0. The van der Waals surface area contributed by atoms with Crippen molar-refractivity contribution in [2.24, 2.45) is 5.92 Å². The first-order valence-corrected chi connectivity index (χ1v) is 3.80. The van der Waals surface area contributed by atoms with Gasteiger partial charge in [-0.15, -0.1) is 0 Å². The van der Waals surface area contributed by atoms with Gasteiger partial charge in [-0.2, -0.15) is 0 Å². The van der Waals surface area contributed by atoms with Crippen LogP contribution in [0.15, 0.2) is 0 Å². The Morgan fingerprint density at radius 2 is 1.90 bits per heavy atom. The number of hydrogen-bond acceptors (Lipinski definition) is 2. The number of carbonyl (C=O) groups excluding carboxylic acids is 1. The summed E-state index contributed by atoms with van der Waals surface area (Å²) in [5.41, 5.74) is 0. The molecule has 0 radical (unpaired) electrons. The molecule has 2 nitrogen and oxygen atoms in total. The molecule has 0 aromatic rings. The second-order valence-corrected chi connectivity index (χ2v) is 1.83. The van der Waals surface area contributed by atoms with Gasteiger partial charge in [0.15, 0.2) is 0 Å². The molecule has 0 saturated heterocycles. The smallest absolute Gasteiger partial charge is 0.308 e. The third-order valence-electron chi connectivity index (χ3n) is 1.22. The number of rotatable bonds is 2. The maximum atomic E-state index is 10.5. The van der Waals surface area contributed by atoms with Gasteiger partial charge in [0, 0.05) is 0 Å². The van der Waals surface area contributed by atoms with Crippen LogP contribution in [0.2, 0.25) is 0 Å². The van der Waals surface area contributed by atoms with E-state index in [9.17, 15) is 4.79 Å². The molecule has 0 N–H and O–H groups in total. The average Bonchev–Trinajstić information content (AvgIpc) is 2.05. The molecule has 2 heteroatoms. The molecule has 0 saturated carbocycles. The second kappa shape index (κ2) is 8.47. The van der Waals surface area contributed by atoms with Gasteiger partial charge >= 0.3 is 5.97 Å². The van der Waals surface area contributed by atoms with E-state index in [1.165, 1.54) is 7.11 Å². The Hall–Kier alpha value is -0.530. The lowest BCUT2D eigenvalue weighted by atomic mass is 10.1. The van der Waals surface area contributed by atoms with Gasteiger partial charge in [0.2, 0.25) is 0 Å². The zero-order valence-electron chi connectivity index (χ0n) is 7.60. The van der Waals surface area contributed by atoms with Crippen LogP contribution in [0.3, 0.4) is 0 Å². The normalized spacial score (nSPS) is 10.9. The minimum atomic E-state index is -0.118. The van der Waals surface area contributed by atoms with Gasteiger partial charge in [0.1, 0.15) is 0 Å². The Kier molecular flexibility index (Phi) is 10.3. The number of ether oxygens (including phenoxy) is 1. The standard InChI is InChI=1S/C6H12O2.C2H6/c1-4-5(2)6(7)8-3;1-2/h5H,4H2,1-3H3;1-2H3/t5-;/m1./s1. The molecule has 62 valence electrons. The maximum absolute atomic E-state index is 10.5. The first-order chi connectivity index (χ1) is 4.72. The first-order valence-electron chi connectivity index (χ1n) is 3.80. The van der Waals surface area contributed by atoms with Crippen molar-refractivity contribution < 1.29 is 9.53 Å².